The van der Waals surface area contributed by atoms with E-state index < -0.39 is 30.3 Å². The first-order valence-corrected chi connectivity index (χ1v) is 5.67. The molecule has 1 atom stereocenters. The summed E-state index contributed by atoms with van der Waals surface area (Å²) in [6.45, 7) is 1.86. The SMILES string of the molecule is CCc1ccc(C(=O)N[C@@H](CC(=O)OC)C(=O)O)o1. The van der Waals surface area contributed by atoms with Crippen molar-refractivity contribution in [2.45, 2.75) is 25.8 Å². The Hall–Kier alpha value is -2.31. The van der Waals surface area contributed by atoms with E-state index in [1.807, 2.05) is 6.92 Å². The molecule has 0 saturated carbocycles. The summed E-state index contributed by atoms with van der Waals surface area (Å²) in [5.74, 6) is -2.10. The number of esters is 1. The molecule has 1 amide bonds. The lowest BCUT2D eigenvalue weighted by Crippen LogP contribution is -2.42. The second-order valence-electron chi connectivity index (χ2n) is 3.76. The molecule has 0 spiro atoms. The number of carbonyl (C=O) groups excluding carboxylic acids is 2. The number of rotatable bonds is 6. The molecule has 19 heavy (non-hydrogen) atoms. The molecule has 0 unspecified atom stereocenters. The van der Waals surface area contributed by atoms with Gasteiger partial charge >= 0.3 is 11.9 Å². The van der Waals surface area contributed by atoms with Crippen LogP contribution in [0.15, 0.2) is 16.5 Å². The quantitative estimate of drug-likeness (QED) is 0.732. The Morgan fingerprint density at radius 3 is 2.58 bits per heavy atom. The molecule has 0 aromatic carbocycles. The number of hydrogen-bond acceptors (Lipinski definition) is 5. The fourth-order valence-corrected chi connectivity index (χ4v) is 1.37. The van der Waals surface area contributed by atoms with Crippen molar-refractivity contribution in [1.82, 2.24) is 5.32 Å². The summed E-state index contributed by atoms with van der Waals surface area (Å²) in [5, 5.41) is 11.1. The Morgan fingerprint density at radius 1 is 1.42 bits per heavy atom. The minimum atomic E-state index is -1.35. The van der Waals surface area contributed by atoms with Gasteiger partial charge in [0.05, 0.1) is 13.5 Å². The molecule has 1 aromatic rings. The Bertz CT molecular complexity index is 478. The Balaban J connectivity index is 2.70. The van der Waals surface area contributed by atoms with Crippen molar-refractivity contribution in [3.05, 3.63) is 23.7 Å². The number of carboxylic acids is 1. The number of furan rings is 1. The average Bonchev–Trinajstić information content (AvgIpc) is 2.86. The largest absolute Gasteiger partial charge is 0.480 e. The summed E-state index contributed by atoms with van der Waals surface area (Å²) >= 11 is 0. The number of amides is 1. The summed E-state index contributed by atoms with van der Waals surface area (Å²) in [5.41, 5.74) is 0. The summed E-state index contributed by atoms with van der Waals surface area (Å²) in [6, 6.07) is 1.73. The van der Waals surface area contributed by atoms with Gasteiger partial charge in [-0.25, -0.2) is 4.79 Å². The van der Waals surface area contributed by atoms with Crippen LogP contribution in [-0.2, 0) is 20.7 Å². The summed E-state index contributed by atoms with van der Waals surface area (Å²) in [7, 11) is 1.14. The third kappa shape index (κ3) is 4.13. The van der Waals surface area contributed by atoms with Crippen molar-refractivity contribution < 1.29 is 28.6 Å². The summed E-state index contributed by atoms with van der Waals surface area (Å²) < 4.78 is 9.55. The van der Waals surface area contributed by atoms with Crippen molar-refractivity contribution in [2.75, 3.05) is 7.11 Å². The van der Waals surface area contributed by atoms with Gasteiger partial charge in [-0.2, -0.15) is 0 Å². The molecule has 0 fully saturated rings. The van der Waals surface area contributed by atoms with Gasteiger partial charge in [-0.05, 0) is 12.1 Å². The zero-order valence-electron chi connectivity index (χ0n) is 10.6. The smallest absolute Gasteiger partial charge is 0.326 e. The molecule has 0 aliphatic heterocycles. The first-order valence-electron chi connectivity index (χ1n) is 5.67. The molecule has 2 N–H and O–H groups in total. The van der Waals surface area contributed by atoms with Gasteiger partial charge < -0.3 is 19.6 Å². The first kappa shape index (κ1) is 14.7. The van der Waals surface area contributed by atoms with Crippen molar-refractivity contribution >= 4 is 17.8 Å². The molecule has 104 valence electrons. The van der Waals surface area contributed by atoms with Gasteiger partial charge in [-0.1, -0.05) is 6.92 Å². The molecule has 0 radical (unpaired) electrons. The number of methoxy groups -OCH3 is 1. The van der Waals surface area contributed by atoms with E-state index >= 15 is 0 Å². The fraction of sp³-hybridized carbons (Fsp3) is 0.417. The van der Waals surface area contributed by atoms with E-state index in [1.54, 1.807) is 6.07 Å². The number of aliphatic carboxylic acids is 1. The van der Waals surface area contributed by atoms with Gasteiger partial charge in [-0.15, -0.1) is 0 Å². The van der Waals surface area contributed by atoms with Crippen LogP contribution in [0, 0.1) is 0 Å². The van der Waals surface area contributed by atoms with E-state index in [4.69, 9.17) is 9.52 Å². The van der Waals surface area contributed by atoms with Crippen LogP contribution < -0.4 is 5.32 Å². The second kappa shape index (κ2) is 6.58. The minimum Gasteiger partial charge on any atom is -0.480 e. The van der Waals surface area contributed by atoms with Crippen molar-refractivity contribution in [3.63, 3.8) is 0 Å². The van der Waals surface area contributed by atoms with Crippen LogP contribution in [0.1, 0.15) is 29.7 Å². The maximum Gasteiger partial charge on any atom is 0.326 e. The van der Waals surface area contributed by atoms with Gasteiger partial charge in [0.25, 0.3) is 5.91 Å². The van der Waals surface area contributed by atoms with Crippen LogP contribution >= 0.6 is 0 Å². The van der Waals surface area contributed by atoms with Gasteiger partial charge in [0.15, 0.2) is 5.76 Å². The van der Waals surface area contributed by atoms with Crippen LogP contribution in [0.25, 0.3) is 0 Å². The van der Waals surface area contributed by atoms with Crippen LogP contribution in [0.3, 0.4) is 0 Å². The fourth-order valence-electron chi connectivity index (χ4n) is 1.37. The predicted octanol–water partition coefficient (Wildman–Crippen LogP) is 0.588. The third-order valence-electron chi connectivity index (χ3n) is 2.44. The highest BCUT2D eigenvalue weighted by Crippen LogP contribution is 2.09. The third-order valence-corrected chi connectivity index (χ3v) is 2.44. The molecule has 0 aliphatic carbocycles. The molecule has 1 heterocycles. The molecule has 1 rings (SSSR count). The van der Waals surface area contributed by atoms with Gasteiger partial charge in [0.2, 0.25) is 0 Å². The van der Waals surface area contributed by atoms with Crippen LogP contribution in [0.5, 0.6) is 0 Å². The molecule has 7 nitrogen and oxygen atoms in total. The van der Waals surface area contributed by atoms with E-state index in [9.17, 15) is 14.4 Å². The van der Waals surface area contributed by atoms with E-state index in [0.29, 0.717) is 12.2 Å². The van der Waals surface area contributed by atoms with E-state index in [-0.39, 0.29) is 5.76 Å². The highest BCUT2D eigenvalue weighted by atomic mass is 16.5. The molecular formula is C12H15NO6. The van der Waals surface area contributed by atoms with E-state index in [1.165, 1.54) is 6.07 Å². The number of ether oxygens (including phenoxy) is 1. The maximum atomic E-state index is 11.7. The number of carbonyl (C=O) groups is 3. The van der Waals surface area contributed by atoms with Gasteiger partial charge in [0, 0.05) is 6.42 Å². The zero-order valence-corrected chi connectivity index (χ0v) is 10.6. The molecule has 1 aromatic heterocycles. The summed E-state index contributed by atoms with van der Waals surface area (Å²) in [4.78, 5) is 33.7. The van der Waals surface area contributed by atoms with Crippen LogP contribution in [-0.4, -0.2) is 36.1 Å². The normalized spacial score (nSPS) is 11.7. The van der Waals surface area contributed by atoms with Crippen molar-refractivity contribution in [2.24, 2.45) is 0 Å². The molecule has 0 saturated heterocycles. The lowest BCUT2D eigenvalue weighted by atomic mass is 10.2. The van der Waals surface area contributed by atoms with E-state index in [2.05, 4.69) is 10.1 Å². The maximum absolute atomic E-state index is 11.7. The number of carboxylic acid groups (broad SMARTS) is 1. The van der Waals surface area contributed by atoms with Gasteiger partial charge in [-0.3, -0.25) is 9.59 Å². The second-order valence-corrected chi connectivity index (χ2v) is 3.76. The Morgan fingerprint density at radius 2 is 2.11 bits per heavy atom. The number of hydrogen-bond donors (Lipinski definition) is 2. The standard InChI is InChI=1S/C12H15NO6/c1-3-7-4-5-9(19-7)11(15)13-8(12(16)17)6-10(14)18-2/h4-5,8H,3,6H2,1-2H3,(H,13,15)(H,16,17)/t8-/m0/s1. The van der Waals surface area contributed by atoms with E-state index in [0.717, 1.165) is 7.11 Å². The number of nitrogens with one attached hydrogen (secondary N) is 1. The van der Waals surface area contributed by atoms with Crippen LogP contribution in [0.4, 0.5) is 0 Å². The lowest BCUT2D eigenvalue weighted by Gasteiger charge is -2.12. The first-order chi connectivity index (χ1) is 8.97. The molecule has 7 heteroatoms. The monoisotopic (exact) mass is 269 g/mol. The minimum absolute atomic E-state index is 0.00738. The Labute approximate surface area is 109 Å². The van der Waals surface area contributed by atoms with Crippen LogP contribution in [0.2, 0.25) is 0 Å². The highest BCUT2D eigenvalue weighted by molar-refractivity contribution is 5.95. The summed E-state index contributed by atoms with van der Waals surface area (Å²) in [6.07, 6.45) is 0.177. The number of aryl methyl sites for hydroxylation is 1. The zero-order chi connectivity index (χ0) is 14.4. The topological polar surface area (TPSA) is 106 Å². The molecule has 0 bridgehead atoms. The molecular weight excluding hydrogens is 254 g/mol. The van der Waals surface area contributed by atoms with Crippen molar-refractivity contribution in [1.29, 1.82) is 0 Å². The predicted molar refractivity (Wildman–Crippen MR) is 63.6 cm³/mol. The Kier molecular flexibility index (Phi) is 5.11. The van der Waals surface area contributed by atoms with Gasteiger partial charge in [0.1, 0.15) is 11.8 Å². The molecule has 0 aliphatic rings. The van der Waals surface area contributed by atoms with Crippen molar-refractivity contribution in [3.8, 4) is 0 Å². The lowest BCUT2D eigenvalue weighted by molar-refractivity contribution is -0.147. The highest BCUT2D eigenvalue weighted by Gasteiger charge is 2.25. The average molecular weight is 269 g/mol.